The number of carbonyl (C=O) groups is 2. The van der Waals surface area contributed by atoms with E-state index >= 15 is 0 Å². The predicted molar refractivity (Wildman–Crippen MR) is 132 cm³/mol. The Bertz CT molecular complexity index is 1240. The third-order valence-corrected chi connectivity index (χ3v) is 10.0. The Labute approximate surface area is 207 Å². The lowest BCUT2D eigenvalue weighted by Gasteiger charge is -2.19. The number of benzene rings is 2. The first kappa shape index (κ1) is 24.8. The number of halogens is 1. The normalized spacial score (nSPS) is 23.9. The van der Waals surface area contributed by atoms with Crippen LogP contribution in [0.15, 0.2) is 54.6 Å². The molecule has 2 N–H and O–H groups in total. The van der Waals surface area contributed by atoms with Crippen LogP contribution >= 0.6 is 23.4 Å². The first-order valence-corrected chi connectivity index (χ1v) is 13.5. The monoisotopic (exact) mass is 521 g/mol. The Balaban J connectivity index is 1.46. The van der Waals surface area contributed by atoms with Crippen LogP contribution in [0.3, 0.4) is 0 Å². The van der Waals surface area contributed by atoms with Gasteiger partial charge in [0.25, 0.3) is 0 Å². The van der Waals surface area contributed by atoms with E-state index in [1.54, 1.807) is 24.3 Å². The molecule has 0 saturated heterocycles. The fourth-order valence-corrected chi connectivity index (χ4v) is 7.45. The first-order chi connectivity index (χ1) is 16.1. The topological polar surface area (TPSA) is 110 Å². The minimum atomic E-state index is -3.93. The lowest BCUT2D eigenvalue weighted by molar-refractivity contribution is -0.141. The molecule has 0 amide bonds. The molecule has 1 fully saturated rings. The summed E-state index contributed by atoms with van der Waals surface area (Å²) in [5.74, 6) is -2.02. The highest BCUT2D eigenvalue weighted by atomic mass is 35.5. The van der Waals surface area contributed by atoms with Crippen LogP contribution in [-0.2, 0) is 30.8 Å². The summed E-state index contributed by atoms with van der Waals surface area (Å²) >= 11 is 7.13. The van der Waals surface area contributed by atoms with E-state index in [4.69, 9.17) is 11.6 Å². The minimum absolute atomic E-state index is 0.164. The van der Waals surface area contributed by atoms with Gasteiger partial charge in [0.05, 0.1) is 7.11 Å². The molecule has 1 heterocycles. The van der Waals surface area contributed by atoms with Gasteiger partial charge in [0.15, 0.2) is 0 Å². The molecule has 2 aromatic carbocycles. The number of ether oxygens (including phenoxy) is 1. The van der Waals surface area contributed by atoms with E-state index in [0.29, 0.717) is 11.4 Å². The minimum Gasteiger partial charge on any atom is -0.480 e. The smallest absolute Gasteiger partial charge is 0.325 e. The van der Waals surface area contributed by atoms with Gasteiger partial charge in [-0.05, 0) is 48.1 Å². The van der Waals surface area contributed by atoms with Crippen molar-refractivity contribution in [2.75, 3.05) is 7.11 Å². The summed E-state index contributed by atoms with van der Waals surface area (Å²) in [6.07, 6.45) is 2.96. The van der Waals surface area contributed by atoms with Crippen molar-refractivity contribution in [3.8, 4) is 0 Å². The Hall–Kier alpha value is -2.33. The van der Waals surface area contributed by atoms with Crippen LogP contribution in [0.1, 0.15) is 41.9 Å². The lowest BCUT2D eigenvalue weighted by atomic mass is 10.0. The highest BCUT2D eigenvalue weighted by Crippen LogP contribution is 2.53. The standard InChI is InChI=1S/C24H24ClNO6S2/c1-32-21(27)11-5-15-3-2-4-17(13-15)19-14-24(19,23(28)29)26-34(30,31)22-12-10-20(33-22)16-6-8-18(25)9-7-16/h2-4,6-10,13,19,22,26H,5,11-12,14H2,1H3,(H,28,29). The van der Waals surface area contributed by atoms with Crippen molar-refractivity contribution in [1.29, 1.82) is 0 Å². The zero-order valence-electron chi connectivity index (χ0n) is 18.4. The second kappa shape index (κ2) is 9.73. The van der Waals surface area contributed by atoms with Crippen molar-refractivity contribution in [3.63, 3.8) is 0 Å². The highest BCUT2D eigenvalue weighted by molar-refractivity contribution is 8.18. The second-order valence-electron chi connectivity index (χ2n) is 8.36. The van der Waals surface area contributed by atoms with Crippen LogP contribution in [0.4, 0.5) is 0 Å². The van der Waals surface area contributed by atoms with Gasteiger partial charge in [-0.1, -0.05) is 54.1 Å². The maximum absolute atomic E-state index is 13.2. The molecule has 1 aliphatic heterocycles. The van der Waals surface area contributed by atoms with Crippen molar-refractivity contribution < 1.29 is 27.9 Å². The molecule has 0 bridgehead atoms. The number of methoxy groups -OCH3 is 1. The van der Waals surface area contributed by atoms with E-state index in [2.05, 4.69) is 9.46 Å². The van der Waals surface area contributed by atoms with E-state index in [1.807, 2.05) is 30.3 Å². The lowest BCUT2D eigenvalue weighted by Crippen LogP contribution is -2.47. The molecule has 2 aliphatic rings. The number of carboxylic acids is 1. The van der Waals surface area contributed by atoms with Crippen molar-refractivity contribution >= 4 is 50.2 Å². The number of hydrogen-bond donors (Lipinski definition) is 2. The van der Waals surface area contributed by atoms with Crippen LogP contribution in [-0.4, -0.2) is 42.7 Å². The molecule has 1 saturated carbocycles. The van der Waals surface area contributed by atoms with E-state index in [0.717, 1.165) is 21.6 Å². The third kappa shape index (κ3) is 5.17. The molecule has 0 spiro atoms. The number of sulfonamides is 1. The van der Waals surface area contributed by atoms with Crippen molar-refractivity contribution in [1.82, 2.24) is 4.72 Å². The molecule has 180 valence electrons. The molecule has 34 heavy (non-hydrogen) atoms. The van der Waals surface area contributed by atoms with Gasteiger partial charge in [-0.3, -0.25) is 9.59 Å². The van der Waals surface area contributed by atoms with Crippen LogP contribution in [0.2, 0.25) is 5.02 Å². The van der Waals surface area contributed by atoms with Gasteiger partial charge in [0.2, 0.25) is 10.0 Å². The molecule has 3 atom stereocenters. The van der Waals surface area contributed by atoms with Gasteiger partial charge >= 0.3 is 11.9 Å². The number of allylic oxidation sites excluding steroid dienone is 1. The summed E-state index contributed by atoms with van der Waals surface area (Å²) < 4.78 is 32.7. The van der Waals surface area contributed by atoms with Gasteiger partial charge in [-0.25, -0.2) is 8.42 Å². The molecule has 0 aromatic heterocycles. The molecular weight excluding hydrogens is 498 g/mol. The average Bonchev–Trinajstić information content (AvgIpc) is 3.31. The predicted octanol–water partition coefficient (Wildman–Crippen LogP) is 4.18. The molecular formula is C24H24ClNO6S2. The number of carboxylic acid groups (broad SMARTS) is 1. The summed E-state index contributed by atoms with van der Waals surface area (Å²) in [6, 6.07) is 14.4. The van der Waals surface area contributed by atoms with Crippen LogP contribution in [0, 0.1) is 0 Å². The number of hydrogen-bond acceptors (Lipinski definition) is 6. The molecule has 7 nitrogen and oxygen atoms in total. The average molecular weight is 522 g/mol. The molecule has 4 rings (SSSR count). The first-order valence-electron chi connectivity index (χ1n) is 10.7. The summed E-state index contributed by atoms with van der Waals surface area (Å²) in [5, 5.41) is 10.5. The molecule has 1 aliphatic carbocycles. The highest BCUT2D eigenvalue weighted by Gasteiger charge is 2.63. The van der Waals surface area contributed by atoms with Crippen LogP contribution < -0.4 is 4.72 Å². The third-order valence-electron chi connectivity index (χ3n) is 6.09. The maximum atomic E-state index is 13.2. The largest absolute Gasteiger partial charge is 0.480 e. The number of thioether (sulfide) groups is 1. The van der Waals surface area contributed by atoms with E-state index in [1.165, 1.54) is 18.9 Å². The summed E-state index contributed by atoms with van der Waals surface area (Å²) in [4.78, 5) is 24.4. The fourth-order valence-electron chi connectivity index (χ4n) is 4.12. The maximum Gasteiger partial charge on any atom is 0.325 e. The number of esters is 1. The van der Waals surface area contributed by atoms with E-state index in [9.17, 15) is 23.1 Å². The van der Waals surface area contributed by atoms with Crippen LogP contribution in [0.25, 0.3) is 4.91 Å². The van der Waals surface area contributed by atoms with Crippen molar-refractivity contribution in [3.05, 3.63) is 76.3 Å². The van der Waals surface area contributed by atoms with E-state index in [-0.39, 0.29) is 25.2 Å². The Morgan fingerprint density at radius 1 is 1.24 bits per heavy atom. The number of aryl methyl sites for hydroxylation is 1. The summed E-state index contributed by atoms with van der Waals surface area (Å²) in [7, 11) is -2.61. The zero-order valence-corrected chi connectivity index (χ0v) is 20.8. The molecule has 0 radical (unpaired) electrons. The SMILES string of the molecule is COC(=O)CCc1cccc(C2CC2(NS(=O)(=O)C2CC=C(c3ccc(Cl)cc3)S2)C(=O)O)c1. The fraction of sp³-hybridized carbons (Fsp3) is 0.333. The van der Waals surface area contributed by atoms with Gasteiger partial charge < -0.3 is 9.84 Å². The Kier molecular flexibility index (Phi) is 7.09. The molecule has 3 unspecified atom stereocenters. The van der Waals surface area contributed by atoms with Gasteiger partial charge in [-0.15, -0.1) is 11.8 Å². The molecule has 10 heteroatoms. The van der Waals surface area contributed by atoms with Gasteiger partial charge in [0, 0.05) is 22.3 Å². The number of aliphatic carboxylic acids is 1. The zero-order chi connectivity index (χ0) is 24.5. The Morgan fingerprint density at radius 2 is 1.97 bits per heavy atom. The van der Waals surface area contributed by atoms with Crippen molar-refractivity contribution in [2.24, 2.45) is 0 Å². The van der Waals surface area contributed by atoms with E-state index < -0.39 is 32.0 Å². The quantitative estimate of drug-likeness (QED) is 0.476. The number of nitrogens with one attached hydrogen (secondary N) is 1. The molecule has 2 aromatic rings. The second-order valence-corrected chi connectivity index (χ2v) is 12.2. The summed E-state index contributed by atoms with van der Waals surface area (Å²) in [5.41, 5.74) is 0.878. The van der Waals surface area contributed by atoms with Crippen LogP contribution in [0.5, 0.6) is 0 Å². The summed E-state index contributed by atoms with van der Waals surface area (Å²) in [6.45, 7) is 0. The van der Waals surface area contributed by atoms with Gasteiger partial charge in [0.1, 0.15) is 10.1 Å². The number of rotatable bonds is 9. The Morgan fingerprint density at radius 3 is 2.65 bits per heavy atom. The number of carbonyl (C=O) groups excluding carboxylic acids is 1. The van der Waals surface area contributed by atoms with Crippen molar-refractivity contribution in [2.45, 2.75) is 41.7 Å². The van der Waals surface area contributed by atoms with Gasteiger partial charge in [-0.2, -0.15) is 4.72 Å².